The first-order valence-corrected chi connectivity index (χ1v) is 7.72. The Morgan fingerprint density at radius 1 is 1.32 bits per heavy atom. The van der Waals surface area contributed by atoms with Crippen molar-refractivity contribution in [2.75, 3.05) is 6.54 Å². The number of benzene rings is 1. The van der Waals surface area contributed by atoms with Crippen LogP contribution in [0.3, 0.4) is 0 Å². The minimum absolute atomic E-state index is 0.329. The molecule has 2 aromatic rings. The van der Waals surface area contributed by atoms with Crippen LogP contribution in [0.15, 0.2) is 34.1 Å². The largest absolute Gasteiger partial charge is 0.305 e. The van der Waals surface area contributed by atoms with Gasteiger partial charge in [0.05, 0.1) is 6.04 Å². The highest BCUT2D eigenvalue weighted by Gasteiger charge is 2.21. The minimum atomic E-state index is -0.424. The molecule has 0 spiro atoms. The lowest BCUT2D eigenvalue weighted by atomic mass is 10.0. The summed E-state index contributed by atoms with van der Waals surface area (Å²) in [5.41, 5.74) is 0.344. The molecule has 0 radical (unpaired) electrons. The topological polar surface area (TPSA) is 12.0 Å². The van der Waals surface area contributed by atoms with Crippen molar-refractivity contribution in [2.45, 2.75) is 19.4 Å². The van der Waals surface area contributed by atoms with Gasteiger partial charge < -0.3 is 5.32 Å². The van der Waals surface area contributed by atoms with Crippen LogP contribution in [-0.2, 0) is 0 Å². The van der Waals surface area contributed by atoms with Crippen molar-refractivity contribution in [3.8, 4) is 0 Å². The zero-order valence-electron chi connectivity index (χ0n) is 10.4. The fraction of sp³-hybridized carbons (Fsp3) is 0.286. The number of hydrogen-bond acceptors (Lipinski definition) is 2. The molecule has 0 aliphatic rings. The number of thiophene rings is 1. The lowest BCUT2D eigenvalue weighted by Crippen LogP contribution is -2.23. The molecule has 0 bridgehead atoms. The van der Waals surface area contributed by atoms with Crippen LogP contribution in [0.1, 0.15) is 29.8 Å². The Morgan fingerprint density at radius 3 is 2.74 bits per heavy atom. The lowest BCUT2D eigenvalue weighted by molar-refractivity contribution is 0.538. The Morgan fingerprint density at radius 2 is 2.11 bits per heavy atom. The average molecular weight is 346 g/mol. The molecule has 102 valence electrons. The normalized spacial score (nSPS) is 12.6. The molecule has 1 heterocycles. The highest BCUT2D eigenvalue weighted by Crippen LogP contribution is 2.34. The Labute approximate surface area is 123 Å². The van der Waals surface area contributed by atoms with Crippen molar-refractivity contribution >= 4 is 27.3 Å². The number of rotatable bonds is 5. The van der Waals surface area contributed by atoms with Crippen molar-refractivity contribution in [3.05, 3.63) is 56.2 Å². The standard InChI is InChI=1S/C14H14BrF2NS/c1-2-6-18-13(14-11(15)5-7-19-14)10-8-9(16)3-4-12(10)17/h3-5,7-8,13,18H,2,6H2,1H3. The molecule has 19 heavy (non-hydrogen) atoms. The Balaban J connectivity index is 2.42. The maximum Gasteiger partial charge on any atom is 0.128 e. The molecular weight excluding hydrogens is 332 g/mol. The zero-order valence-corrected chi connectivity index (χ0v) is 12.8. The smallest absolute Gasteiger partial charge is 0.128 e. The molecule has 2 rings (SSSR count). The SMILES string of the molecule is CCCNC(c1cc(F)ccc1F)c1sccc1Br. The monoisotopic (exact) mass is 345 g/mol. The predicted molar refractivity (Wildman–Crippen MR) is 78.5 cm³/mol. The summed E-state index contributed by atoms with van der Waals surface area (Å²) >= 11 is 4.97. The molecule has 0 aliphatic heterocycles. The van der Waals surface area contributed by atoms with Gasteiger partial charge in [-0.15, -0.1) is 11.3 Å². The summed E-state index contributed by atoms with van der Waals surface area (Å²) in [5.74, 6) is -0.817. The fourth-order valence-electron chi connectivity index (χ4n) is 1.88. The molecule has 1 nitrogen and oxygen atoms in total. The van der Waals surface area contributed by atoms with E-state index in [9.17, 15) is 8.78 Å². The van der Waals surface area contributed by atoms with Crippen molar-refractivity contribution in [1.29, 1.82) is 0 Å². The van der Waals surface area contributed by atoms with Gasteiger partial charge in [-0.05, 0) is 58.5 Å². The fourth-order valence-corrected chi connectivity index (χ4v) is 3.57. The van der Waals surface area contributed by atoms with Gasteiger partial charge in [-0.1, -0.05) is 6.92 Å². The van der Waals surface area contributed by atoms with E-state index >= 15 is 0 Å². The molecule has 0 fully saturated rings. The van der Waals surface area contributed by atoms with Crippen LogP contribution in [0, 0.1) is 11.6 Å². The van der Waals surface area contributed by atoms with Crippen LogP contribution < -0.4 is 5.32 Å². The summed E-state index contributed by atoms with van der Waals surface area (Å²) in [4.78, 5) is 0.956. The van der Waals surface area contributed by atoms with Crippen LogP contribution in [0.25, 0.3) is 0 Å². The highest BCUT2D eigenvalue weighted by molar-refractivity contribution is 9.10. The van der Waals surface area contributed by atoms with Crippen LogP contribution in [0.2, 0.25) is 0 Å². The average Bonchev–Trinajstić information content (AvgIpc) is 2.80. The zero-order chi connectivity index (χ0) is 13.8. The van der Waals surface area contributed by atoms with Gasteiger partial charge in [0.2, 0.25) is 0 Å². The van der Waals surface area contributed by atoms with Crippen LogP contribution in [-0.4, -0.2) is 6.54 Å². The van der Waals surface area contributed by atoms with Crippen LogP contribution >= 0.6 is 27.3 Å². The second-order valence-corrected chi connectivity index (χ2v) is 5.99. The second-order valence-electron chi connectivity index (χ2n) is 4.19. The van der Waals surface area contributed by atoms with E-state index in [-0.39, 0.29) is 6.04 Å². The third kappa shape index (κ3) is 3.41. The van der Waals surface area contributed by atoms with Crippen molar-refractivity contribution in [2.24, 2.45) is 0 Å². The van der Waals surface area contributed by atoms with Gasteiger partial charge in [0.15, 0.2) is 0 Å². The third-order valence-corrected chi connectivity index (χ3v) is 4.71. The molecule has 1 aromatic carbocycles. The number of nitrogens with one attached hydrogen (secondary N) is 1. The molecule has 1 atom stereocenters. The van der Waals surface area contributed by atoms with E-state index in [1.807, 2.05) is 18.4 Å². The molecule has 0 aliphatic carbocycles. The molecule has 0 amide bonds. The lowest BCUT2D eigenvalue weighted by Gasteiger charge is -2.19. The summed E-state index contributed by atoms with van der Waals surface area (Å²) in [5, 5.41) is 5.20. The van der Waals surface area contributed by atoms with E-state index in [1.54, 1.807) is 0 Å². The van der Waals surface area contributed by atoms with Gasteiger partial charge >= 0.3 is 0 Å². The molecule has 0 saturated heterocycles. The van der Waals surface area contributed by atoms with Gasteiger partial charge in [0.1, 0.15) is 11.6 Å². The summed E-state index contributed by atoms with van der Waals surface area (Å²) in [6.07, 6.45) is 0.927. The van der Waals surface area contributed by atoms with E-state index in [0.717, 1.165) is 28.4 Å². The predicted octanol–water partition coefficient (Wildman–Crippen LogP) is 4.88. The van der Waals surface area contributed by atoms with Gasteiger partial charge in [-0.2, -0.15) is 0 Å². The summed E-state index contributed by atoms with van der Waals surface area (Å²) in [6, 6.07) is 5.16. The van der Waals surface area contributed by atoms with E-state index < -0.39 is 11.6 Å². The summed E-state index contributed by atoms with van der Waals surface area (Å²) < 4.78 is 28.2. The van der Waals surface area contributed by atoms with Crippen molar-refractivity contribution < 1.29 is 8.78 Å². The van der Waals surface area contributed by atoms with Crippen molar-refractivity contribution in [1.82, 2.24) is 5.32 Å². The van der Waals surface area contributed by atoms with Crippen LogP contribution in [0.4, 0.5) is 8.78 Å². The summed E-state index contributed by atoms with van der Waals surface area (Å²) in [7, 11) is 0. The van der Waals surface area contributed by atoms with Gasteiger partial charge in [0.25, 0.3) is 0 Å². The summed E-state index contributed by atoms with van der Waals surface area (Å²) in [6.45, 7) is 2.78. The van der Waals surface area contributed by atoms with Gasteiger partial charge in [-0.25, -0.2) is 8.78 Å². The van der Waals surface area contributed by atoms with E-state index in [4.69, 9.17) is 0 Å². The third-order valence-electron chi connectivity index (χ3n) is 2.77. The van der Waals surface area contributed by atoms with E-state index in [0.29, 0.717) is 5.56 Å². The Bertz CT molecular complexity index is 556. The second kappa shape index (κ2) is 6.59. The first-order chi connectivity index (χ1) is 9.13. The molecule has 1 unspecified atom stereocenters. The molecule has 5 heteroatoms. The van der Waals surface area contributed by atoms with Gasteiger partial charge in [-0.3, -0.25) is 0 Å². The molecule has 1 N–H and O–H groups in total. The van der Waals surface area contributed by atoms with Crippen molar-refractivity contribution in [3.63, 3.8) is 0 Å². The minimum Gasteiger partial charge on any atom is -0.305 e. The first-order valence-electron chi connectivity index (χ1n) is 6.04. The number of hydrogen-bond donors (Lipinski definition) is 1. The molecule has 1 aromatic heterocycles. The Kier molecular flexibility index (Phi) is 5.07. The van der Waals surface area contributed by atoms with E-state index in [1.165, 1.54) is 23.5 Å². The van der Waals surface area contributed by atoms with Crippen LogP contribution in [0.5, 0.6) is 0 Å². The number of halogens is 3. The van der Waals surface area contributed by atoms with Gasteiger partial charge in [0, 0.05) is 14.9 Å². The molecular formula is C14H14BrF2NS. The highest BCUT2D eigenvalue weighted by atomic mass is 79.9. The first kappa shape index (κ1) is 14.6. The maximum absolute atomic E-state index is 14.0. The maximum atomic E-state index is 14.0. The molecule has 0 saturated carbocycles. The Hall–Kier alpha value is -0.780. The van der Waals surface area contributed by atoms with E-state index in [2.05, 4.69) is 21.2 Å². The quantitative estimate of drug-likeness (QED) is 0.814.